The van der Waals surface area contributed by atoms with Gasteiger partial charge < -0.3 is 10.6 Å². The summed E-state index contributed by atoms with van der Waals surface area (Å²) in [5.74, 6) is -0.255. The Labute approximate surface area is 126 Å². The first-order valence-corrected chi connectivity index (χ1v) is 8.33. The monoisotopic (exact) mass is 305 g/mol. The molecule has 6 heteroatoms. The maximum atomic E-state index is 12.2. The predicted octanol–water partition coefficient (Wildman–Crippen LogP) is 1.77. The van der Waals surface area contributed by atoms with Gasteiger partial charge in [-0.3, -0.25) is 9.00 Å². The highest BCUT2D eigenvalue weighted by molar-refractivity contribution is 7.84. The van der Waals surface area contributed by atoms with Crippen molar-refractivity contribution in [3.05, 3.63) is 36.0 Å². The Kier molecular flexibility index (Phi) is 4.90. The lowest BCUT2D eigenvalue weighted by atomic mass is 10.1. The third-order valence-corrected chi connectivity index (χ3v) is 4.63. The summed E-state index contributed by atoms with van der Waals surface area (Å²) < 4.78 is 11.3. The number of para-hydroxylation sites is 1. The van der Waals surface area contributed by atoms with E-state index in [2.05, 4.69) is 15.6 Å². The smallest absolute Gasteiger partial charge is 0.270 e. The summed E-state index contributed by atoms with van der Waals surface area (Å²) >= 11 is 0. The highest BCUT2D eigenvalue weighted by Gasteiger charge is 2.13. The molecule has 5 nitrogen and oxygen atoms in total. The zero-order chi connectivity index (χ0) is 15.4. The summed E-state index contributed by atoms with van der Waals surface area (Å²) in [5.41, 5.74) is 1.98. The number of hydrogen-bond acceptors (Lipinski definition) is 4. The number of anilines is 1. The highest BCUT2D eigenvalue weighted by atomic mass is 32.2. The van der Waals surface area contributed by atoms with Crippen LogP contribution in [0.1, 0.15) is 17.4 Å². The second-order valence-corrected chi connectivity index (χ2v) is 6.64. The fourth-order valence-corrected chi connectivity index (χ4v) is 2.26. The van der Waals surface area contributed by atoms with Gasteiger partial charge in [-0.2, -0.15) is 0 Å². The molecular formula is C15H19N3O2S. The van der Waals surface area contributed by atoms with Gasteiger partial charge in [0.2, 0.25) is 0 Å². The van der Waals surface area contributed by atoms with Crippen LogP contribution in [0.4, 0.5) is 5.69 Å². The van der Waals surface area contributed by atoms with Crippen molar-refractivity contribution in [3.8, 4) is 0 Å². The Morgan fingerprint density at radius 1 is 1.38 bits per heavy atom. The molecule has 0 aliphatic carbocycles. The van der Waals surface area contributed by atoms with Crippen LogP contribution >= 0.6 is 0 Å². The van der Waals surface area contributed by atoms with Crippen molar-refractivity contribution in [1.29, 1.82) is 0 Å². The van der Waals surface area contributed by atoms with E-state index < -0.39 is 10.8 Å². The van der Waals surface area contributed by atoms with E-state index in [0.717, 1.165) is 16.6 Å². The van der Waals surface area contributed by atoms with Gasteiger partial charge in [0.25, 0.3) is 5.91 Å². The molecule has 1 aromatic heterocycles. The molecule has 2 unspecified atom stereocenters. The van der Waals surface area contributed by atoms with Crippen LogP contribution in [0.15, 0.2) is 30.3 Å². The molecule has 2 N–H and O–H groups in total. The van der Waals surface area contributed by atoms with Crippen LogP contribution in [0.25, 0.3) is 10.9 Å². The van der Waals surface area contributed by atoms with E-state index in [-0.39, 0.29) is 11.2 Å². The van der Waals surface area contributed by atoms with Crippen molar-refractivity contribution >= 4 is 33.3 Å². The number of nitrogens with one attached hydrogen (secondary N) is 2. The number of carbonyl (C=O) groups excluding carboxylic acids is 1. The number of fused-ring (bicyclic) bond motifs is 1. The lowest BCUT2D eigenvalue weighted by Crippen LogP contribution is -2.33. The third kappa shape index (κ3) is 3.58. The molecule has 1 amide bonds. The van der Waals surface area contributed by atoms with E-state index in [1.165, 1.54) is 0 Å². The lowest BCUT2D eigenvalue weighted by molar-refractivity contribution is 0.0949. The molecule has 2 aromatic rings. The molecule has 0 saturated heterocycles. The molecule has 21 heavy (non-hydrogen) atoms. The zero-order valence-corrected chi connectivity index (χ0v) is 13.2. The van der Waals surface area contributed by atoms with Gasteiger partial charge in [0.1, 0.15) is 5.69 Å². The quantitative estimate of drug-likeness (QED) is 0.883. The molecule has 0 fully saturated rings. The van der Waals surface area contributed by atoms with Gasteiger partial charge in [-0.05, 0) is 19.1 Å². The Balaban J connectivity index is 2.25. The molecule has 0 aliphatic heterocycles. The normalized spacial score (nSPS) is 13.7. The van der Waals surface area contributed by atoms with E-state index >= 15 is 0 Å². The molecule has 0 radical (unpaired) electrons. The number of aromatic nitrogens is 1. The molecule has 0 saturated carbocycles. The van der Waals surface area contributed by atoms with E-state index in [0.29, 0.717) is 12.2 Å². The topological polar surface area (TPSA) is 71.1 Å². The van der Waals surface area contributed by atoms with Crippen molar-refractivity contribution in [2.75, 3.05) is 25.2 Å². The van der Waals surface area contributed by atoms with Crippen molar-refractivity contribution in [2.45, 2.75) is 12.2 Å². The van der Waals surface area contributed by atoms with E-state index in [1.807, 2.05) is 38.2 Å². The molecule has 1 heterocycles. The van der Waals surface area contributed by atoms with Crippen LogP contribution in [0, 0.1) is 0 Å². The van der Waals surface area contributed by atoms with Crippen molar-refractivity contribution in [2.24, 2.45) is 0 Å². The summed E-state index contributed by atoms with van der Waals surface area (Å²) in [4.78, 5) is 16.6. The SMILES string of the molecule is CNc1cc(C(=O)NCC(C)S(C)=O)nc2ccccc12. The van der Waals surface area contributed by atoms with Crippen LogP contribution in [-0.4, -0.2) is 40.2 Å². The Hall–Kier alpha value is -1.95. The standard InChI is InChI=1S/C15H19N3O2S/c1-10(21(3)20)9-17-15(19)14-8-13(16-2)11-6-4-5-7-12(11)18-14/h4-8,10H,9H2,1-3H3,(H,16,18)(H,17,19). The van der Waals surface area contributed by atoms with Crippen LogP contribution < -0.4 is 10.6 Å². The van der Waals surface area contributed by atoms with Crippen LogP contribution in [0.2, 0.25) is 0 Å². The van der Waals surface area contributed by atoms with Crippen molar-refractivity contribution in [1.82, 2.24) is 10.3 Å². The maximum Gasteiger partial charge on any atom is 0.270 e. The summed E-state index contributed by atoms with van der Waals surface area (Å²) in [6, 6.07) is 9.38. The largest absolute Gasteiger partial charge is 0.388 e. The van der Waals surface area contributed by atoms with Gasteiger partial charge in [-0.1, -0.05) is 18.2 Å². The highest BCUT2D eigenvalue weighted by Crippen LogP contribution is 2.22. The maximum absolute atomic E-state index is 12.2. The summed E-state index contributed by atoms with van der Waals surface area (Å²) in [7, 11) is 0.852. The molecular weight excluding hydrogens is 286 g/mol. The average Bonchev–Trinajstić information content (AvgIpc) is 2.50. The molecule has 0 bridgehead atoms. The van der Waals surface area contributed by atoms with Crippen LogP contribution in [0.5, 0.6) is 0 Å². The van der Waals surface area contributed by atoms with Gasteiger partial charge in [-0.15, -0.1) is 0 Å². The minimum atomic E-state index is -0.959. The summed E-state index contributed by atoms with van der Waals surface area (Å²) in [6.07, 6.45) is 1.63. The molecule has 2 atom stereocenters. The van der Waals surface area contributed by atoms with Crippen molar-refractivity contribution in [3.63, 3.8) is 0 Å². The zero-order valence-electron chi connectivity index (χ0n) is 12.3. The first kappa shape index (κ1) is 15.4. The summed E-state index contributed by atoms with van der Waals surface area (Å²) in [5, 5.41) is 6.74. The average molecular weight is 305 g/mol. The number of benzene rings is 1. The molecule has 2 rings (SSSR count). The first-order chi connectivity index (χ1) is 10.0. The number of hydrogen-bond donors (Lipinski definition) is 2. The molecule has 0 spiro atoms. The predicted molar refractivity (Wildman–Crippen MR) is 87.2 cm³/mol. The van der Waals surface area contributed by atoms with Crippen molar-refractivity contribution < 1.29 is 9.00 Å². The van der Waals surface area contributed by atoms with Gasteiger partial charge in [0, 0.05) is 47.0 Å². The van der Waals surface area contributed by atoms with E-state index in [9.17, 15) is 9.00 Å². The molecule has 0 aliphatic rings. The summed E-state index contributed by atoms with van der Waals surface area (Å²) in [6.45, 7) is 2.20. The Bertz CT molecular complexity index is 688. The van der Waals surface area contributed by atoms with Gasteiger partial charge in [0.15, 0.2) is 0 Å². The number of pyridine rings is 1. The van der Waals surface area contributed by atoms with E-state index in [1.54, 1.807) is 12.3 Å². The van der Waals surface area contributed by atoms with Crippen LogP contribution in [-0.2, 0) is 10.8 Å². The number of rotatable bonds is 5. The second kappa shape index (κ2) is 6.67. The third-order valence-electron chi connectivity index (χ3n) is 3.33. The minimum Gasteiger partial charge on any atom is -0.388 e. The number of carbonyl (C=O) groups is 1. The first-order valence-electron chi connectivity index (χ1n) is 6.71. The second-order valence-electron chi connectivity index (χ2n) is 4.84. The Morgan fingerprint density at radius 2 is 2.10 bits per heavy atom. The minimum absolute atomic E-state index is 0.0850. The Morgan fingerprint density at radius 3 is 2.76 bits per heavy atom. The van der Waals surface area contributed by atoms with Crippen LogP contribution in [0.3, 0.4) is 0 Å². The number of nitrogens with zero attached hydrogens (tertiary/aromatic N) is 1. The molecule has 112 valence electrons. The van der Waals surface area contributed by atoms with Gasteiger partial charge >= 0.3 is 0 Å². The fraction of sp³-hybridized carbons (Fsp3) is 0.333. The fourth-order valence-electron chi connectivity index (χ4n) is 1.94. The molecule has 1 aromatic carbocycles. The number of amides is 1. The lowest BCUT2D eigenvalue weighted by Gasteiger charge is -2.11. The van der Waals surface area contributed by atoms with Gasteiger partial charge in [-0.25, -0.2) is 4.98 Å². The van der Waals surface area contributed by atoms with Gasteiger partial charge in [0.05, 0.1) is 5.52 Å². The van der Waals surface area contributed by atoms with E-state index in [4.69, 9.17) is 0 Å².